The van der Waals surface area contributed by atoms with Gasteiger partial charge in [0.1, 0.15) is 24.3 Å². The number of ether oxygens (including phenoxy) is 2. The molecule has 0 spiro atoms. The lowest BCUT2D eigenvalue weighted by atomic mass is 10.2. The van der Waals surface area contributed by atoms with Gasteiger partial charge in [0.05, 0.1) is 12.2 Å². The van der Waals surface area contributed by atoms with E-state index < -0.39 is 6.10 Å². The van der Waals surface area contributed by atoms with Crippen LogP contribution in [-0.2, 0) is 11.3 Å². The van der Waals surface area contributed by atoms with Crippen LogP contribution >= 0.6 is 0 Å². The molecule has 0 heterocycles. The van der Waals surface area contributed by atoms with Crippen LogP contribution in [0.4, 0.5) is 4.39 Å². The van der Waals surface area contributed by atoms with Crippen LogP contribution in [0.5, 0.6) is 5.75 Å². The van der Waals surface area contributed by atoms with Crippen molar-refractivity contribution in [3.63, 3.8) is 0 Å². The number of aliphatic hydroxyl groups is 1. The fourth-order valence-corrected chi connectivity index (χ4v) is 2.52. The lowest BCUT2D eigenvalue weighted by molar-refractivity contribution is 0.0525. The number of hydrogen-bond donors (Lipinski definition) is 1. The Bertz CT molecular complexity index is 705. The number of carbonyl (C=O) groups is 1. The van der Waals surface area contributed by atoms with Crippen molar-refractivity contribution in [1.29, 1.82) is 0 Å². The summed E-state index contributed by atoms with van der Waals surface area (Å²) in [5.74, 6) is -0.0889. The summed E-state index contributed by atoms with van der Waals surface area (Å²) in [6.45, 7) is 3.11. The largest absolute Gasteiger partial charge is 0.491 e. The van der Waals surface area contributed by atoms with Crippen molar-refractivity contribution < 1.29 is 23.8 Å². The highest BCUT2D eigenvalue weighted by molar-refractivity contribution is 5.89. The van der Waals surface area contributed by atoms with Crippen LogP contribution < -0.4 is 4.74 Å². The smallest absolute Gasteiger partial charge is 0.338 e. The quantitative estimate of drug-likeness (QED) is 0.696. The highest BCUT2D eigenvalue weighted by Gasteiger charge is 2.11. The van der Waals surface area contributed by atoms with Crippen molar-refractivity contribution in [1.82, 2.24) is 4.90 Å². The highest BCUT2D eigenvalue weighted by atomic mass is 19.1. The lowest BCUT2D eigenvalue weighted by Gasteiger charge is -2.21. The Hall–Kier alpha value is -2.44. The summed E-state index contributed by atoms with van der Waals surface area (Å²) in [6, 6.07) is 13.0. The van der Waals surface area contributed by atoms with Gasteiger partial charge in [-0.25, -0.2) is 9.18 Å². The van der Waals surface area contributed by atoms with E-state index in [1.807, 2.05) is 18.0 Å². The van der Waals surface area contributed by atoms with E-state index in [0.29, 0.717) is 31.0 Å². The fourth-order valence-electron chi connectivity index (χ4n) is 2.52. The van der Waals surface area contributed by atoms with E-state index in [-0.39, 0.29) is 18.4 Å². The van der Waals surface area contributed by atoms with Crippen LogP contribution in [0.25, 0.3) is 0 Å². The first-order valence-electron chi connectivity index (χ1n) is 8.49. The molecule has 1 N–H and O–H groups in total. The number of likely N-dealkylation sites (N-methyl/N-ethyl adjacent to an activating group) is 1. The van der Waals surface area contributed by atoms with E-state index in [0.717, 1.165) is 5.56 Å². The van der Waals surface area contributed by atoms with E-state index >= 15 is 0 Å². The molecule has 0 bridgehead atoms. The second kappa shape index (κ2) is 9.89. The minimum Gasteiger partial charge on any atom is -0.491 e. The summed E-state index contributed by atoms with van der Waals surface area (Å²) < 4.78 is 23.7. The maximum Gasteiger partial charge on any atom is 0.338 e. The average molecular weight is 361 g/mol. The Balaban J connectivity index is 1.77. The molecule has 2 aromatic carbocycles. The normalized spacial score (nSPS) is 12.0. The summed E-state index contributed by atoms with van der Waals surface area (Å²) in [4.78, 5) is 13.5. The number of carbonyl (C=O) groups excluding carboxylic acids is 1. The van der Waals surface area contributed by atoms with Gasteiger partial charge in [-0.1, -0.05) is 12.1 Å². The number of benzene rings is 2. The molecule has 0 amide bonds. The first-order chi connectivity index (χ1) is 12.5. The third kappa shape index (κ3) is 6.46. The van der Waals surface area contributed by atoms with Crippen molar-refractivity contribution >= 4 is 5.97 Å². The second-order valence-corrected chi connectivity index (χ2v) is 6.04. The third-order valence-corrected chi connectivity index (χ3v) is 3.67. The van der Waals surface area contributed by atoms with E-state index in [1.165, 1.54) is 12.1 Å². The van der Waals surface area contributed by atoms with Gasteiger partial charge >= 0.3 is 5.97 Å². The van der Waals surface area contributed by atoms with Gasteiger partial charge in [-0.15, -0.1) is 0 Å². The SMILES string of the molecule is CCOC(=O)c1ccc(OC[C@H](O)CN(C)Cc2cccc(F)c2)cc1. The van der Waals surface area contributed by atoms with Crippen LogP contribution in [0.1, 0.15) is 22.8 Å². The first kappa shape index (κ1) is 19.9. The number of aliphatic hydroxyl groups excluding tert-OH is 1. The third-order valence-electron chi connectivity index (χ3n) is 3.67. The van der Waals surface area contributed by atoms with Crippen LogP contribution in [0, 0.1) is 5.82 Å². The van der Waals surface area contributed by atoms with Crippen molar-refractivity contribution in [2.24, 2.45) is 0 Å². The molecule has 2 aromatic rings. The summed E-state index contributed by atoms with van der Waals surface area (Å²) in [6.07, 6.45) is -0.696. The number of nitrogens with zero attached hydrogens (tertiary/aromatic N) is 1. The summed E-state index contributed by atoms with van der Waals surface area (Å²) in [7, 11) is 1.85. The molecule has 2 rings (SSSR count). The zero-order chi connectivity index (χ0) is 18.9. The van der Waals surface area contributed by atoms with Gasteiger partial charge < -0.3 is 14.6 Å². The van der Waals surface area contributed by atoms with Gasteiger partial charge in [-0.05, 0) is 55.9 Å². The molecule has 26 heavy (non-hydrogen) atoms. The van der Waals surface area contributed by atoms with Gasteiger partial charge in [0, 0.05) is 13.1 Å². The molecule has 1 atom stereocenters. The van der Waals surface area contributed by atoms with Crippen molar-refractivity contribution in [2.45, 2.75) is 19.6 Å². The molecule has 0 aromatic heterocycles. The summed E-state index contributed by atoms with van der Waals surface area (Å²) in [5.41, 5.74) is 1.30. The Morgan fingerprint density at radius 2 is 1.96 bits per heavy atom. The van der Waals surface area contributed by atoms with Gasteiger partial charge in [0.25, 0.3) is 0 Å². The predicted molar refractivity (Wildman–Crippen MR) is 96.6 cm³/mol. The zero-order valence-electron chi connectivity index (χ0n) is 15.0. The maximum absolute atomic E-state index is 13.2. The highest BCUT2D eigenvalue weighted by Crippen LogP contribution is 2.14. The van der Waals surface area contributed by atoms with E-state index in [9.17, 15) is 14.3 Å². The average Bonchev–Trinajstić information content (AvgIpc) is 2.60. The molecule has 0 aliphatic rings. The van der Waals surface area contributed by atoms with E-state index in [4.69, 9.17) is 9.47 Å². The van der Waals surface area contributed by atoms with Gasteiger partial charge in [-0.2, -0.15) is 0 Å². The molecule has 140 valence electrons. The van der Waals surface area contributed by atoms with Crippen molar-refractivity contribution in [3.05, 3.63) is 65.5 Å². The van der Waals surface area contributed by atoms with E-state index in [2.05, 4.69) is 0 Å². The van der Waals surface area contributed by atoms with Gasteiger partial charge in [0.15, 0.2) is 0 Å². The number of esters is 1. The molecule has 0 saturated carbocycles. The van der Waals surface area contributed by atoms with E-state index in [1.54, 1.807) is 37.3 Å². The Labute approximate surface area is 153 Å². The molecule has 0 radical (unpaired) electrons. The maximum atomic E-state index is 13.2. The molecular formula is C20H24FNO4. The first-order valence-corrected chi connectivity index (χ1v) is 8.49. The molecule has 0 unspecified atom stereocenters. The Morgan fingerprint density at radius 3 is 2.62 bits per heavy atom. The minimum atomic E-state index is -0.696. The fraction of sp³-hybridized carbons (Fsp3) is 0.350. The molecule has 5 nitrogen and oxygen atoms in total. The number of rotatable bonds is 9. The Kier molecular flexibility index (Phi) is 7.56. The number of halogens is 1. The summed E-state index contributed by atoms with van der Waals surface area (Å²) >= 11 is 0. The van der Waals surface area contributed by atoms with Crippen LogP contribution in [0.2, 0.25) is 0 Å². The molecule has 0 aliphatic heterocycles. The molecule has 0 fully saturated rings. The molecular weight excluding hydrogens is 337 g/mol. The lowest BCUT2D eigenvalue weighted by Crippen LogP contribution is -2.32. The topological polar surface area (TPSA) is 59.0 Å². The zero-order valence-corrected chi connectivity index (χ0v) is 15.0. The summed E-state index contributed by atoms with van der Waals surface area (Å²) in [5, 5.41) is 10.1. The van der Waals surface area contributed by atoms with Crippen LogP contribution in [0.15, 0.2) is 48.5 Å². The standard InChI is InChI=1S/C20H24FNO4/c1-3-25-20(24)16-7-9-19(10-8-16)26-14-18(23)13-22(2)12-15-5-4-6-17(21)11-15/h4-11,18,23H,3,12-14H2,1-2H3/t18-/m1/s1. The van der Waals surface area contributed by atoms with Gasteiger partial charge in [-0.3, -0.25) is 4.90 Å². The molecule has 0 saturated heterocycles. The van der Waals surface area contributed by atoms with Crippen LogP contribution in [-0.4, -0.2) is 48.9 Å². The predicted octanol–water partition coefficient (Wildman–Crippen LogP) is 2.87. The monoisotopic (exact) mass is 361 g/mol. The van der Waals surface area contributed by atoms with Crippen molar-refractivity contribution in [3.8, 4) is 5.75 Å². The van der Waals surface area contributed by atoms with Crippen molar-refractivity contribution in [2.75, 3.05) is 26.8 Å². The molecule has 6 heteroatoms. The second-order valence-electron chi connectivity index (χ2n) is 6.04. The van der Waals surface area contributed by atoms with Gasteiger partial charge in [0.2, 0.25) is 0 Å². The molecule has 0 aliphatic carbocycles. The minimum absolute atomic E-state index is 0.117. The Morgan fingerprint density at radius 1 is 1.23 bits per heavy atom. The van der Waals surface area contributed by atoms with Crippen LogP contribution in [0.3, 0.4) is 0 Å². The number of hydrogen-bond acceptors (Lipinski definition) is 5.